The molecule has 1 aliphatic carbocycles. The number of amides is 1. The van der Waals surface area contributed by atoms with Crippen LogP contribution in [0.15, 0.2) is 40.0 Å². The van der Waals surface area contributed by atoms with Crippen molar-refractivity contribution < 1.29 is 4.79 Å². The highest BCUT2D eigenvalue weighted by Crippen LogP contribution is 2.23. The lowest BCUT2D eigenvalue weighted by molar-refractivity contribution is -0.120. The van der Waals surface area contributed by atoms with Gasteiger partial charge < -0.3 is 5.32 Å². The van der Waals surface area contributed by atoms with Crippen molar-refractivity contribution in [1.82, 2.24) is 15.1 Å². The SMILES string of the molecule is CC(C)Sc1ccc(CC(=O)NCCn2nc3c(cc2=O)CCC3)cc1. The number of aromatic nitrogens is 2. The Balaban J connectivity index is 1.48. The Morgan fingerprint density at radius 3 is 2.77 bits per heavy atom. The van der Waals surface area contributed by atoms with Crippen LogP contribution < -0.4 is 10.9 Å². The molecule has 1 heterocycles. The second-order valence-electron chi connectivity index (χ2n) is 6.87. The van der Waals surface area contributed by atoms with Gasteiger partial charge in [0.05, 0.1) is 18.7 Å². The maximum Gasteiger partial charge on any atom is 0.267 e. The zero-order valence-electron chi connectivity index (χ0n) is 15.3. The molecule has 0 spiro atoms. The summed E-state index contributed by atoms with van der Waals surface area (Å²) in [7, 11) is 0. The third-order valence-corrected chi connectivity index (χ3v) is 5.35. The van der Waals surface area contributed by atoms with E-state index in [4.69, 9.17) is 0 Å². The lowest BCUT2D eigenvalue weighted by Gasteiger charge is -2.09. The van der Waals surface area contributed by atoms with E-state index in [2.05, 4.69) is 36.4 Å². The van der Waals surface area contributed by atoms with Gasteiger partial charge in [-0.15, -0.1) is 11.8 Å². The summed E-state index contributed by atoms with van der Waals surface area (Å²) in [5.41, 5.74) is 3.01. The van der Waals surface area contributed by atoms with Crippen LogP contribution in [-0.4, -0.2) is 27.5 Å². The van der Waals surface area contributed by atoms with Gasteiger partial charge in [-0.05, 0) is 42.5 Å². The van der Waals surface area contributed by atoms with Crippen molar-refractivity contribution in [3.05, 3.63) is 57.5 Å². The van der Waals surface area contributed by atoms with E-state index in [0.717, 1.165) is 36.1 Å². The number of carbonyl (C=O) groups is 1. The molecule has 26 heavy (non-hydrogen) atoms. The molecule has 2 aromatic rings. The fourth-order valence-electron chi connectivity index (χ4n) is 3.11. The maximum atomic E-state index is 12.1. The molecule has 138 valence electrons. The lowest BCUT2D eigenvalue weighted by Crippen LogP contribution is -2.33. The first-order valence-corrected chi connectivity index (χ1v) is 10.0. The van der Waals surface area contributed by atoms with Gasteiger partial charge in [-0.3, -0.25) is 9.59 Å². The van der Waals surface area contributed by atoms with E-state index in [-0.39, 0.29) is 11.5 Å². The smallest absolute Gasteiger partial charge is 0.267 e. The predicted molar refractivity (Wildman–Crippen MR) is 105 cm³/mol. The second-order valence-corrected chi connectivity index (χ2v) is 8.52. The quantitative estimate of drug-likeness (QED) is 0.760. The number of thioether (sulfide) groups is 1. The molecule has 5 nitrogen and oxygen atoms in total. The molecule has 0 radical (unpaired) electrons. The van der Waals surface area contributed by atoms with Crippen molar-refractivity contribution >= 4 is 17.7 Å². The summed E-state index contributed by atoms with van der Waals surface area (Å²) in [6.07, 6.45) is 3.30. The van der Waals surface area contributed by atoms with E-state index in [1.165, 1.54) is 9.58 Å². The van der Waals surface area contributed by atoms with Crippen LogP contribution in [0.5, 0.6) is 0 Å². The lowest BCUT2D eigenvalue weighted by atomic mass is 10.1. The van der Waals surface area contributed by atoms with Gasteiger partial charge in [0.2, 0.25) is 5.91 Å². The molecule has 0 saturated heterocycles. The van der Waals surface area contributed by atoms with Crippen LogP contribution in [0, 0.1) is 0 Å². The summed E-state index contributed by atoms with van der Waals surface area (Å²) in [5.74, 6) is -0.0385. The van der Waals surface area contributed by atoms with Crippen LogP contribution in [0.4, 0.5) is 0 Å². The number of aryl methyl sites for hydroxylation is 2. The first-order valence-electron chi connectivity index (χ1n) is 9.13. The molecule has 0 saturated carbocycles. The molecular formula is C20H25N3O2S. The minimum atomic E-state index is -0.0851. The molecule has 1 aromatic carbocycles. The van der Waals surface area contributed by atoms with Crippen molar-refractivity contribution in [2.45, 2.75) is 56.2 Å². The average Bonchev–Trinajstić information content (AvgIpc) is 3.03. The summed E-state index contributed by atoms with van der Waals surface area (Å²) >= 11 is 1.81. The Hall–Kier alpha value is -2.08. The van der Waals surface area contributed by atoms with Crippen molar-refractivity contribution in [2.24, 2.45) is 0 Å². The highest BCUT2D eigenvalue weighted by Gasteiger charge is 2.14. The predicted octanol–water partition coefficient (Wildman–Crippen LogP) is 2.59. The van der Waals surface area contributed by atoms with Gasteiger partial charge in [0.25, 0.3) is 5.56 Å². The van der Waals surface area contributed by atoms with Crippen LogP contribution in [0.2, 0.25) is 0 Å². The summed E-state index contributed by atoms with van der Waals surface area (Å²) in [6, 6.07) is 9.80. The summed E-state index contributed by atoms with van der Waals surface area (Å²) in [5, 5.41) is 7.84. The van der Waals surface area contributed by atoms with Crippen molar-refractivity contribution in [3.63, 3.8) is 0 Å². The normalized spacial score (nSPS) is 13.0. The van der Waals surface area contributed by atoms with Crippen LogP contribution in [0.25, 0.3) is 0 Å². The molecule has 0 bridgehead atoms. The molecule has 3 rings (SSSR count). The average molecular weight is 372 g/mol. The van der Waals surface area contributed by atoms with Crippen LogP contribution in [0.1, 0.15) is 37.1 Å². The van der Waals surface area contributed by atoms with Crippen molar-refractivity contribution in [1.29, 1.82) is 0 Å². The zero-order valence-corrected chi connectivity index (χ0v) is 16.1. The van der Waals surface area contributed by atoms with Gasteiger partial charge in [0.1, 0.15) is 0 Å². The topological polar surface area (TPSA) is 64.0 Å². The zero-order chi connectivity index (χ0) is 18.5. The molecule has 0 atom stereocenters. The number of nitrogens with one attached hydrogen (secondary N) is 1. The molecule has 0 fully saturated rings. The molecule has 1 N–H and O–H groups in total. The number of hydrogen-bond acceptors (Lipinski definition) is 4. The maximum absolute atomic E-state index is 12.1. The Kier molecular flexibility index (Phi) is 6.14. The summed E-state index contributed by atoms with van der Waals surface area (Å²) < 4.78 is 1.46. The Labute approximate surface area is 158 Å². The van der Waals surface area contributed by atoms with Crippen molar-refractivity contribution in [3.8, 4) is 0 Å². The monoisotopic (exact) mass is 371 g/mol. The number of nitrogens with zero attached hydrogens (tertiary/aromatic N) is 2. The Morgan fingerprint density at radius 2 is 2.04 bits per heavy atom. The molecular weight excluding hydrogens is 346 g/mol. The van der Waals surface area contributed by atoms with Gasteiger partial charge in [-0.1, -0.05) is 26.0 Å². The summed E-state index contributed by atoms with van der Waals surface area (Å²) in [6.45, 7) is 5.13. The molecule has 1 aromatic heterocycles. The third kappa shape index (κ3) is 4.97. The van der Waals surface area contributed by atoms with E-state index >= 15 is 0 Å². The van der Waals surface area contributed by atoms with Gasteiger partial charge in [-0.25, -0.2) is 4.68 Å². The van der Waals surface area contributed by atoms with Gasteiger partial charge in [-0.2, -0.15) is 5.10 Å². The largest absolute Gasteiger partial charge is 0.354 e. The molecule has 1 amide bonds. The van der Waals surface area contributed by atoms with Crippen LogP contribution in [0.3, 0.4) is 0 Å². The highest BCUT2D eigenvalue weighted by atomic mass is 32.2. The molecule has 0 unspecified atom stereocenters. The standard InChI is InChI=1S/C20H25N3O2S/c1-14(2)26-17-8-6-15(7-9-17)12-19(24)21-10-11-23-20(25)13-16-4-3-5-18(16)22-23/h6-9,13-14H,3-5,10-12H2,1-2H3,(H,21,24). The van der Waals surface area contributed by atoms with E-state index in [9.17, 15) is 9.59 Å². The van der Waals surface area contributed by atoms with Gasteiger partial charge >= 0.3 is 0 Å². The number of carbonyl (C=O) groups excluding carboxylic acids is 1. The van der Waals surface area contributed by atoms with Crippen LogP contribution in [-0.2, 0) is 30.6 Å². The fourth-order valence-corrected chi connectivity index (χ4v) is 3.94. The fraction of sp³-hybridized carbons (Fsp3) is 0.450. The van der Waals surface area contributed by atoms with E-state index in [1.54, 1.807) is 6.07 Å². The van der Waals surface area contributed by atoms with E-state index in [1.807, 2.05) is 23.9 Å². The second kappa shape index (κ2) is 8.54. The number of benzene rings is 1. The van der Waals surface area contributed by atoms with Crippen LogP contribution >= 0.6 is 11.8 Å². The minimum absolute atomic E-state index is 0.0385. The Morgan fingerprint density at radius 1 is 1.27 bits per heavy atom. The number of rotatable bonds is 7. The minimum Gasteiger partial charge on any atom is -0.354 e. The molecule has 0 aliphatic heterocycles. The van der Waals surface area contributed by atoms with E-state index < -0.39 is 0 Å². The number of hydrogen-bond donors (Lipinski definition) is 1. The molecule has 1 aliphatic rings. The first-order chi connectivity index (χ1) is 12.5. The number of fused-ring (bicyclic) bond motifs is 1. The molecule has 6 heteroatoms. The van der Waals surface area contributed by atoms with E-state index in [0.29, 0.717) is 24.8 Å². The highest BCUT2D eigenvalue weighted by molar-refractivity contribution is 7.99. The Bertz CT molecular complexity index is 828. The van der Waals surface area contributed by atoms with Gasteiger partial charge in [0.15, 0.2) is 0 Å². The third-order valence-electron chi connectivity index (χ3n) is 4.33. The first kappa shape index (κ1) is 18.7. The van der Waals surface area contributed by atoms with Gasteiger partial charge in [0, 0.05) is 22.8 Å². The summed E-state index contributed by atoms with van der Waals surface area (Å²) in [4.78, 5) is 25.4. The van der Waals surface area contributed by atoms with Crippen molar-refractivity contribution in [2.75, 3.05) is 6.54 Å².